The van der Waals surface area contributed by atoms with Crippen LogP contribution in [-0.2, 0) is 9.53 Å². The molecular weight excluding hydrogens is 260 g/mol. The van der Waals surface area contributed by atoms with Crippen molar-refractivity contribution in [2.45, 2.75) is 12.5 Å². The third-order valence-electron chi connectivity index (χ3n) is 2.34. The van der Waals surface area contributed by atoms with Gasteiger partial charge < -0.3 is 15.2 Å². The predicted molar refractivity (Wildman–Crippen MR) is 61.7 cm³/mol. The van der Waals surface area contributed by atoms with E-state index in [0.717, 1.165) is 12.1 Å². The minimum atomic E-state index is -1.25. The number of carbonyl (C=O) groups excluding carboxylic acids is 1. The van der Waals surface area contributed by atoms with E-state index in [1.807, 2.05) is 0 Å². The maximum absolute atomic E-state index is 12.9. The summed E-state index contributed by atoms with van der Waals surface area (Å²) >= 11 is 0. The topological polar surface area (TPSA) is 75.6 Å². The Morgan fingerprint density at radius 1 is 1.32 bits per heavy atom. The fourth-order valence-corrected chi connectivity index (χ4v) is 1.42. The molecular formula is C12H13F2NO4. The van der Waals surface area contributed by atoms with Crippen molar-refractivity contribution in [2.75, 3.05) is 13.7 Å². The van der Waals surface area contributed by atoms with E-state index in [4.69, 9.17) is 9.84 Å². The van der Waals surface area contributed by atoms with Gasteiger partial charge in [0.15, 0.2) is 0 Å². The van der Waals surface area contributed by atoms with Crippen molar-refractivity contribution < 1.29 is 28.2 Å². The van der Waals surface area contributed by atoms with Gasteiger partial charge in [-0.15, -0.1) is 0 Å². The second-order valence-electron chi connectivity index (χ2n) is 3.80. The van der Waals surface area contributed by atoms with Crippen LogP contribution in [0.25, 0.3) is 0 Å². The first-order valence-electron chi connectivity index (χ1n) is 5.42. The molecule has 0 bridgehead atoms. The lowest BCUT2D eigenvalue weighted by Gasteiger charge is -2.14. The van der Waals surface area contributed by atoms with Crippen molar-refractivity contribution in [3.8, 4) is 0 Å². The molecule has 0 saturated heterocycles. The summed E-state index contributed by atoms with van der Waals surface area (Å²) in [5.74, 6) is -3.92. The highest BCUT2D eigenvalue weighted by Crippen LogP contribution is 2.08. The first-order chi connectivity index (χ1) is 8.93. The predicted octanol–water partition coefficient (Wildman–Crippen LogP) is 1.18. The summed E-state index contributed by atoms with van der Waals surface area (Å²) < 4.78 is 30.6. The first-order valence-corrected chi connectivity index (χ1v) is 5.42. The summed E-state index contributed by atoms with van der Waals surface area (Å²) in [6.07, 6.45) is 0.0510. The molecule has 1 aromatic rings. The third-order valence-corrected chi connectivity index (χ3v) is 2.34. The molecule has 7 heteroatoms. The maximum atomic E-state index is 12.9. The van der Waals surface area contributed by atoms with Crippen molar-refractivity contribution in [1.29, 1.82) is 0 Å². The molecule has 1 unspecified atom stereocenters. The van der Waals surface area contributed by atoms with Crippen LogP contribution in [0.5, 0.6) is 0 Å². The van der Waals surface area contributed by atoms with Crippen molar-refractivity contribution in [3.05, 3.63) is 35.4 Å². The first kappa shape index (κ1) is 15.0. The van der Waals surface area contributed by atoms with Gasteiger partial charge in [0.25, 0.3) is 5.91 Å². The molecule has 0 fully saturated rings. The Morgan fingerprint density at radius 2 is 1.89 bits per heavy atom. The Balaban J connectivity index is 2.78. The third kappa shape index (κ3) is 4.63. The molecule has 0 aliphatic carbocycles. The van der Waals surface area contributed by atoms with Gasteiger partial charge in [0.05, 0.1) is 0 Å². The van der Waals surface area contributed by atoms with E-state index in [1.54, 1.807) is 0 Å². The summed E-state index contributed by atoms with van der Waals surface area (Å²) in [7, 11) is 1.39. The van der Waals surface area contributed by atoms with Crippen LogP contribution < -0.4 is 5.32 Å². The summed E-state index contributed by atoms with van der Waals surface area (Å²) in [6, 6.07) is 1.09. The van der Waals surface area contributed by atoms with E-state index < -0.39 is 29.6 Å². The van der Waals surface area contributed by atoms with E-state index in [0.29, 0.717) is 6.07 Å². The largest absolute Gasteiger partial charge is 0.480 e. The number of nitrogens with one attached hydrogen (secondary N) is 1. The lowest BCUT2D eigenvalue weighted by molar-refractivity contribution is -0.139. The Hall–Kier alpha value is -2.02. The minimum absolute atomic E-state index is 0.0510. The molecule has 0 spiro atoms. The number of methoxy groups -OCH3 is 1. The highest BCUT2D eigenvalue weighted by Gasteiger charge is 2.20. The van der Waals surface area contributed by atoms with Crippen molar-refractivity contribution in [3.63, 3.8) is 0 Å². The van der Waals surface area contributed by atoms with Crippen LogP contribution in [0.1, 0.15) is 16.8 Å². The van der Waals surface area contributed by atoms with Crippen molar-refractivity contribution in [1.82, 2.24) is 5.32 Å². The normalized spacial score (nSPS) is 11.9. The second-order valence-corrected chi connectivity index (χ2v) is 3.80. The van der Waals surface area contributed by atoms with E-state index in [-0.39, 0.29) is 18.6 Å². The van der Waals surface area contributed by atoms with Gasteiger partial charge in [-0.05, 0) is 12.1 Å². The molecule has 0 radical (unpaired) electrons. The second kappa shape index (κ2) is 6.79. The van der Waals surface area contributed by atoms with Gasteiger partial charge >= 0.3 is 5.97 Å². The molecule has 104 valence electrons. The molecule has 0 aliphatic heterocycles. The Kier molecular flexibility index (Phi) is 5.37. The number of hydrogen-bond donors (Lipinski definition) is 2. The lowest BCUT2D eigenvalue weighted by atomic mass is 10.1. The quantitative estimate of drug-likeness (QED) is 0.816. The molecule has 1 amide bonds. The van der Waals surface area contributed by atoms with Crippen LogP contribution >= 0.6 is 0 Å². The summed E-state index contributed by atoms with van der Waals surface area (Å²) in [6.45, 7) is 0.134. The minimum Gasteiger partial charge on any atom is -0.480 e. The highest BCUT2D eigenvalue weighted by atomic mass is 19.1. The zero-order valence-electron chi connectivity index (χ0n) is 10.2. The van der Waals surface area contributed by atoms with E-state index in [1.165, 1.54) is 7.11 Å². The zero-order chi connectivity index (χ0) is 14.4. The number of hydrogen-bond acceptors (Lipinski definition) is 3. The molecule has 1 aromatic carbocycles. The SMILES string of the molecule is COCCC(NC(=O)c1cc(F)cc(F)c1)C(=O)O. The number of halogens is 2. The van der Waals surface area contributed by atoms with Gasteiger partial charge in [-0.3, -0.25) is 4.79 Å². The molecule has 2 N–H and O–H groups in total. The van der Waals surface area contributed by atoms with E-state index in [2.05, 4.69) is 5.32 Å². The van der Waals surface area contributed by atoms with Crippen LogP contribution in [0.3, 0.4) is 0 Å². The lowest BCUT2D eigenvalue weighted by Crippen LogP contribution is -2.41. The monoisotopic (exact) mass is 273 g/mol. The number of rotatable bonds is 6. The Morgan fingerprint density at radius 3 is 2.37 bits per heavy atom. The summed E-state index contributed by atoms with van der Waals surface area (Å²) in [4.78, 5) is 22.6. The zero-order valence-corrected chi connectivity index (χ0v) is 10.2. The number of carboxylic acids is 1. The number of aliphatic carboxylic acids is 1. The number of ether oxygens (including phenoxy) is 1. The van der Waals surface area contributed by atoms with Gasteiger partial charge in [0.2, 0.25) is 0 Å². The van der Waals surface area contributed by atoms with Crippen molar-refractivity contribution >= 4 is 11.9 Å². The van der Waals surface area contributed by atoms with E-state index >= 15 is 0 Å². The molecule has 0 heterocycles. The fraction of sp³-hybridized carbons (Fsp3) is 0.333. The maximum Gasteiger partial charge on any atom is 0.326 e. The fourth-order valence-electron chi connectivity index (χ4n) is 1.42. The van der Waals surface area contributed by atoms with E-state index in [9.17, 15) is 18.4 Å². The smallest absolute Gasteiger partial charge is 0.326 e. The van der Waals surface area contributed by atoms with Gasteiger partial charge in [0.1, 0.15) is 17.7 Å². The Labute approximate surface area is 108 Å². The van der Waals surface area contributed by atoms with Crippen LogP contribution in [-0.4, -0.2) is 36.7 Å². The number of benzene rings is 1. The molecule has 1 atom stereocenters. The molecule has 5 nitrogen and oxygen atoms in total. The van der Waals surface area contributed by atoms with Crippen LogP contribution in [0.15, 0.2) is 18.2 Å². The summed E-state index contributed by atoms with van der Waals surface area (Å²) in [5.41, 5.74) is -0.277. The molecule has 0 aliphatic rings. The van der Waals surface area contributed by atoms with Crippen molar-refractivity contribution in [2.24, 2.45) is 0 Å². The Bertz CT molecular complexity index is 459. The van der Waals surface area contributed by atoms with Gasteiger partial charge in [-0.2, -0.15) is 0 Å². The highest BCUT2D eigenvalue weighted by molar-refractivity contribution is 5.96. The van der Waals surface area contributed by atoms with Crippen LogP contribution in [0.4, 0.5) is 8.78 Å². The molecule has 0 aromatic heterocycles. The van der Waals surface area contributed by atoms with Gasteiger partial charge in [-0.1, -0.05) is 0 Å². The molecule has 1 rings (SSSR count). The molecule has 0 saturated carbocycles. The van der Waals surface area contributed by atoms with Crippen LogP contribution in [0.2, 0.25) is 0 Å². The van der Waals surface area contributed by atoms with Gasteiger partial charge in [0, 0.05) is 31.8 Å². The standard InChI is InChI=1S/C12H13F2NO4/c1-19-3-2-10(12(17)18)15-11(16)7-4-8(13)6-9(14)5-7/h4-6,10H,2-3H2,1H3,(H,15,16)(H,17,18). The number of carboxylic acid groups (broad SMARTS) is 1. The number of carbonyl (C=O) groups is 2. The summed E-state index contributed by atoms with van der Waals surface area (Å²) in [5, 5.41) is 11.1. The average molecular weight is 273 g/mol. The van der Waals surface area contributed by atoms with Crippen LogP contribution in [0, 0.1) is 11.6 Å². The molecule has 19 heavy (non-hydrogen) atoms. The number of amides is 1. The average Bonchev–Trinajstić information content (AvgIpc) is 2.32. The van der Waals surface area contributed by atoms with Gasteiger partial charge in [-0.25, -0.2) is 13.6 Å².